The first kappa shape index (κ1) is 19.1. The van der Waals surface area contributed by atoms with Crippen LogP contribution in [0, 0.1) is 0 Å². The first-order chi connectivity index (χ1) is 13.6. The second-order valence-electron chi connectivity index (χ2n) is 8.48. The molecule has 0 saturated carbocycles. The highest BCUT2D eigenvalue weighted by Gasteiger charge is 2.41. The largest absolute Gasteiger partial charge is 0.490 e. The molecule has 2 nitrogen and oxygen atoms in total. The van der Waals surface area contributed by atoms with Crippen molar-refractivity contribution in [2.75, 3.05) is 19.7 Å². The fourth-order valence-corrected chi connectivity index (χ4v) is 8.04. The van der Waals surface area contributed by atoms with Crippen LogP contribution in [0.1, 0.15) is 35.9 Å². The number of para-hydroxylation sites is 1. The van der Waals surface area contributed by atoms with E-state index in [1.165, 1.54) is 54.4 Å². The fourth-order valence-electron chi connectivity index (χ4n) is 4.79. The molecule has 1 saturated heterocycles. The summed E-state index contributed by atoms with van der Waals surface area (Å²) in [6.07, 6.45) is 8.38. The molecule has 0 radical (unpaired) electrons. The monoisotopic (exact) mass is 389 g/mol. The Morgan fingerprint density at radius 1 is 1.04 bits per heavy atom. The Hall–Kier alpha value is -2.26. The van der Waals surface area contributed by atoms with E-state index in [9.17, 15) is 0 Å². The number of fused-ring (bicyclic) bond motifs is 1. The molecule has 1 aliphatic carbocycles. The lowest BCUT2D eigenvalue weighted by atomic mass is 10.1. The molecular weight excluding hydrogens is 358 g/mol. The minimum Gasteiger partial charge on any atom is -0.490 e. The van der Waals surface area contributed by atoms with Gasteiger partial charge in [0.05, 0.1) is 8.07 Å². The number of rotatable bonds is 6. The van der Waals surface area contributed by atoms with Crippen LogP contribution in [0.5, 0.6) is 5.75 Å². The van der Waals surface area contributed by atoms with Gasteiger partial charge in [-0.2, -0.15) is 0 Å². The van der Waals surface area contributed by atoms with Gasteiger partial charge in [-0.1, -0.05) is 74.3 Å². The quantitative estimate of drug-likeness (QED) is 0.489. The van der Waals surface area contributed by atoms with Gasteiger partial charge in [0.25, 0.3) is 0 Å². The van der Waals surface area contributed by atoms with Crippen molar-refractivity contribution in [2.45, 2.75) is 37.9 Å². The van der Waals surface area contributed by atoms with Crippen LogP contribution < -0.4 is 9.92 Å². The Morgan fingerprint density at radius 2 is 1.75 bits per heavy atom. The zero-order valence-electron chi connectivity index (χ0n) is 17.2. The normalized spacial score (nSPS) is 19.1. The van der Waals surface area contributed by atoms with E-state index in [1.807, 2.05) is 6.08 Å². The molecule has 1 heterocycles. The van der Waals surface area contributed by atoms with E-state index in [1.54, 1.807) is 0 Å². The average molecular weight is 390 g/mol. The number of benzene rings is 2. The molecule has 1 fully saturated rings. The molecule has 0 N–H and O–H groups in total. The highest BCUT2D eigenvalue weighted by Crippen LogP contribution is 2.43. The van der Waals surface area contributed by atoms with Crippen LogP contribution in [0.25, 0.3) is 5.70 Å². The lowest BCUT2D eigenvalue weighted by Crippen LogP contribution is -2.47. The molecule has 4 rings (SSSR count). The van der Waals surface area contributed by atoms with Gasteiger partial charge in [0.15, 0.2) is 0 Å². The van der Waals surface area contributed by atoms with Crippen LogP contribution in [-0.4, -0.2) is 32.7 Å². The molecule has 3 heteroatoms. The summed E-state index contributed by atoms with van der Waals surface area (Å²) in [7, 11) is -1.86. The van der Waals surface area contributed by atoms with E-state index in [4.69, 9.17) is 4.74 Å². The number of piperidine rings is 1. The van der Waals surface area contributed by atoms with E-state index >= 15 is 0 Å². The molecule has 28 heavy (non-hydrogen) atoms. The Morgan fingerprint density at radius 3 is 2.54 bits per heavy atom. The average Bonchev–Trinajstić information content (AvgIpc) is 3.14. The fraction of sp³-hybridized carbons (Fsp3) is 0.360. The number of likely N-dealkylation sites (tertiary alicyclic amines) is 1. The number of hydrogen-bond donors (Lipinski definition) is 0. The maximum Gasteiger partial charge on any atom is 0.119 e. The van der Waals surface area contributed by atoms with Gasteiger partial charge >= 0.3 is 0 Å². The van der Waals surface area contributed by atoms with Crippen molar-refractivity contribution >= 4 is 19.0 Å². The minimum atomic E-state index is -1.86. The predicted molar refractivity (Wildman–Crippen MR) is 122 cm³/mol. The van der Waals surface area contributed by atoms with Crippen molar-refractivity contribution in [3.8, 4) is 5.75 Å². The SMILES string of the molecule is C=CCOc1ccccc1[Si](C)(C)C1C=C(N2CCCCC2)c2ccccc21. The molecule has 2 aliphatic rings. The smallest absolute Gasteiger partial charge is 0.119 e. The molecule has 1 unspecified atom stereocenters. The Bertz CT molecular complexity index is 880. The molecule has 2 aromatic rings. The lowest BCUT2D eigenvalue weighted by Gasteiger charge is -2.31. The summed E-state index contributed by atoms with van der Waals surface area (Å²) in [5.74, 6) is 1.02. The third-order valence-corrected chi connectivity index (χ3v) is 10.1. The highest BCUT2D eigenvalue weighted by molar-refractivity contribution is 6.92. The van der Waals surface area contributed by atoms with E-state index in [0.717, 1.165) is 5.75 Å². The van der Waals surface area contributed by atoms with E-state index in [-0.39, 0.29) is 0 Å². The van der Waals surface area contributed by atoms with Gasteiger partial charge in [-0.3, -0.25) is 0 Å². The Kier molecular flexibility index (Phi) is 5.45. The van der Waals surface area contributed by atoms with E-state index in [2.05, 4.69) is 79.2 Å². The van der Waals surface area contributed by atoms with Gasteiger partial charge in [-0.05, 0) is 36.1 Å². The summed E-state index contributed by atoms with van der Waals surface area (Å²) in [6.45, 7) is 11.7. The third-order valence-electron chi connectivity index (χ3n) is 6.31. The van der Waals surface area contributed by atoms with Crippen LogP contribution in [-0.2, 0) is 0 Å². The third kappa shape index (κ3) is 3.44. The Balaban J connectivity index is 1.75. The van der Waals surface area contributed by atoms with E-state index < -0.39 is 8.07 Å². The molecular formula is C25H31NOSi. The molecule has 2 aromatic carbocycles. The second-order valence-corrected chi connectivity index (χ2v) is 13.1. The first-order valence-corrected chi connectivity index (χ1v) is 13.6. The lowest BCUT2D eigenvalue weighted by molar-refractivity contribution is 0.326. The number of hydrogen-bond acceptors (Lipinski definition) is 2. The molecule has 0 spiro atoms. The predicted octanol–water partition coefficient (Wildman–Crippen LogP) is 5.33. The standard InChI is InChI=1S/C25H31NOSi/c1-4-18-27-23-14-8-9-15-24(23)28(2,3)25-19-22(26-16-10-5-11-17-26)20-12-6-7-13-21(20)25/h4,6-9,12-15,19,25H,1,5,10-11,16-18H2,2-3H3. The van der Waals surface area contributed by atoms with Crippen molar-refractivity contribution in [2.24, 2.45) is 0 Å². The number of nitrogens with zero attached hydrogens (tertiary/aromatic N) is 1. The van der Waals surface area contributed by atoms with E-state index in [0.29, 0.717) is 12.1 Å². The van der Waals surface area contributed by atoms with Crippen molar-refractivity contribution in [1.29, 1.82) is 0 Å². The van der Waals surface area contributed by atoms with Gasteiger partial charge in [0.1, 0.15) is 12.4 Å². The van der Waals surface area contributed by atoms with Crippen molar-refractivity contribution in [3.05, 3.63) is 78.4 Å². The van der Waals surface area contributed by atoms with Gasteiger partial charge in [0, 0.05) is 29.9 Å². The summed E-state index contributed by atoms with van der Waals surface area (Å²) < 4.78 is 6.05. The topological polar surface area (TPSA) is 12.5 Å². The van der Waals surface area contributed by atoms with Crippen LogP contribution in [0.4, 0.5) is 0 Å². The van der Waals surface area contributed by atoms with Crippen LogP contribution in [0.15, 0.2) is 67.3 Å². The number of allylic oxidation sites excluding steroid dienone is 1. The van der Waals surface area contributed by atoms with Gasteiger partial charge in [0.2, 0.25) is 0 Å². The summed E-state index contributed by atoms with van der Waals surface area (Å²) >= 11 is 0. The summed E-state index contributed by atoms with van der Waals surface area (Å²) in [6, 6.07) is 17.7. The molecule has 0 amide bonds. The molecule has 0 aromatic heterocycles. The van der Waals surface area contributed by atoms with Crippen LogP contribution >= 0.6 is 0 Å². The molecule has 0 bridgehead atoms. The van der Waals surface area contributed by atoms with Gasteiger partial charge in [-0.15, -0.1) is 0 Å². The molecule has 1 aliphatic heterocycles. The summed E-state index contributed by atoms with van der Waals surface area (Å²) in [5.41, 5.74) is 4.87. The van der Waals surface area contributed by atoms with Crippen molar-refractivity contribution < 1.29 is 4.74 Å². The summed E-state index contributed by atoms with van der Waals surface area (Å²) in [5, 5.41) is 1.40. The highest BCUT2D eigenvalue weighted by atomic mass is 28.3. The zero-order valence-corrected chi connectivity index (χ0v) is 18.2. The van der Waals surface area contributed by atoms with Gasteiger partial charge < -0.3 is 9.64 Å². The van der Waals surface area contributed by atoms with Crippen molar-refractivity contribution in [1.82, 2.24) is 4.90 Å². The maximum absolute atomic E-state index is 6.05. The van der Waals surface area contributed by atoms with Crippen LogP contribution in [0.2, 0.25) is 13.1 Å². The number of ether oxygens (including phenoxy) is 1. The Labute approximate surface area is 170 Å². The minimum absolute atomic E-state index is 0.467. The zero-order chi connectivity index (χ0) is 19.6. The van der Waals surface area contributed by atoms with Crippen molar-refractivity contribution in [3.63, 3.8) is 0 Å². The van der Waals surface area contributed by atoms with Crippen LogP contribution in [0.3, 0.4) is 0 Å². The van der Waals surface area contributed by atoms with Gasteiger partial charge in [-0.25, -0.2) is 0 Å². The molecule has 1 atom stereocenters. The first-order valence-electron chi connectivity index (χ1n) is 10.5. The molecule has 146 valence electrons. The second kappa shape index (κ2) is 8.00. The summed E-state index contributed by atoms with van der Waals surface area (Å²) in [4.78, 5) is 2.62. The maximum atomic E-state index is 6.05.